The van der Waals surface area contributed by atoms with Crippen LogP contribution in [-0.4, -0.2) is 52.9 Å². The Bertz CT molecular complexity index is 1440. The van der Waals surface area contributed by atoms with Crippen molar-refractivity contribution < 1.29 is 14.6 Å². The zero-order valence-electron chi connectivity index (χ0n) is 20.7. The van der Waals surface area contributed by atoms with Crippen LogP contribution >= 0.6 is 0 Å². The van der Waals surface area contributed by atoms with Gasteiger partial charge in [-0.3, -0.25) is 4.79 Å². The van der Waals surface area contributed by atoms with Gasteiger partial charge in [-0.05, 0) is 44.3 Å². The minimum Gasteiger partial charge on any atom is -0.504 e. The summed E-state index contributed by atoms with van der Waals surface area (Å²) in [5.41, 5.74) is 6.89. The van der Waals surface area contributed by atoms with Crippen molar-refractivity contribution in [1.29, 1.82) is 0 Å². The molecule has 6 nitrogen and oxygen atoms in total. The monoisotopic (exact) mass is 479 g/mol. The number of fused-ring (bicyclic) bond motifs is 1. The van der Waals surface area contributed by atoms with Crippen LogP contribution in [0.1, 0.15) is 23.0 Å². The second-order valence-electron chi connectivity index (χ2n) is 9.29. The maximum Gasteiger partial charge on any atom is 0.279 e. The molecule has 2 heterocycles. The Morgan fingerprint density at radius 2 is 1.61 bits per heavy atom. The van der Waals surface area contributed by atoms with Gasteiger partial charge in [0, 0.05) is 29.7 Å². The predicted octanol–water partition coefficient (Wildman–Crippen LogP) is 5.53. The fourth-order valence-corrected chi connectivity index (χ4v) is 4.61. The van der Waals surface area contributed by atoms with Crippen LogP contribution in [-0.2, 0) is 6.42 Å². The molecule has 0 saturated heterocycles. The summed E-state index contributed by atoms with van der Waals surface area (Å²) in [5, 5.41) is 15.2. The van der Waals surface area contributed by atoms with Gasteiger partial charge in [0.05, 0.1) is 5.69 Å². The molecule has 1 aromatic heterocycles. The van der Waals surface area contributed by atoms with Crippen LogP contribution in [0.25, 0.3) is 28.0 Å². The highest BCUT2D eigenvalue weighted by atomic mass is 16.5. The zero-order chi connectivity index (χ0) is 25.2. The second kappa shape index (κ2) is 9.84. The molecule has 0 atom stereocenters. The first kappa shape index (κ1) is 23.6. The number of ether oxygens (including phenoxy) is 1. The maximum atomic E-state index is 13.9. The van der Waals surface area contributed by atoms with Crippen molar-refractivity contribution in [2.75, 3.05) is 27.2 Å². The summed E-state index contributed by atoms with van der Waals surface area (Å²) in [5.74, 6) is 0.234. The topological polar surface area (TPSA) is 67.6 Å². The molecule has 1 aliphatic rings. The van der Waals surface area contributed by atoms with E-state index < -0.39 is 0 Å². The van der Waals surface area contributed by atoms with Gasteiger partial charge in [-0.25, -0.2) is 0 Å². The van der Waals surface area contributed by atoms with Crippen LogP contribution in [0, 0.1) is 0 Å². The first-order valence-corrected chi connectivity index (χ1v) is 12.0. The Morgan fingerprint density at radius 1 is 0.944 bits per heavy atom. The molecule has 36 heavy (non-hydrogen) atoms. The van der Waals surface area contributed by atoms with Gasteiger partial charge >= 0.3 is 0 Å². The van der Waals surface area contributed by atoms with Crippen LogP contribution in [0.2, 0.25) is 0 Å². The Morgan fingerprint density at radius 3 is 2.28 bits per heavy atom. The van der Waals surface area contributed by atoms with E-state index in [1.807, 2.05) is 74.4 Å². The Balaban J connectivity index is 1.58. The molecule has 0 aliphatic carbocycles. The van der Waals surface area contributed by atoms with E-state index in [-0.39, 0.29) is 11.7 Å². The molecule has 1 aliphatic heterocycles. The van der Waals surface area contributed by atoms with Crippen LogP contribution in [0.5, 0.6) is 11.5 Å². The van der Waals surface area contributed by atoms with Crippen molar-refractivity contribution in [2.45, 2.75) is 13.3 Å². The predicted molar refractivity (Wildman–Crippen MR) is 142 cm³/mol. The van der Waals surface area contributed by atoms with E-state index in [1.54, 1.807) is 22.9 Å². The molecule has 0 saturated carbocycles. The summed E-state index contributed by atoms with van der Waals surface area (Å²) in [7, 11) is 3.92. The van der Waals surface area contributed by atoms with Crippen LogP contribution in [0.4, 0.5) is 0 Å². The molecule has 6 heteroatoms. The number of hydrogen-bond donors (Lipinski definition) is 1. The molecular formula is C30H29N3O3. The van der Waals surface area contributed by atoms with Crippen LogP contribution < -0.4 is 4.74 Å². The largest absolute Gasteiger partial charge is 0.504 e. The number of hydrogen-bond acceptors (Lipinski definition) is 5. The Hall–Kier alpha value is -4.16. The van der Waals surface area contributed by atoms with Crippen molar-refractivity contribution >= 4 is 11.5 Å². The number of aromatic nitrogens is 2. The Kier molecular flexibility index (Phi) is 6.44. The van der Waals surface area contributed by atoms with E-state index in [0.717, 1.165) is 33.7 Å². The number of nitrogens with zero attached hydrogens (tertiary/aromatic N) is 3. The summed E-state index contributed by atoms with van der Waals surface area (Å²) in [6.45, 7) is 3.13. The van der Waals surface area contributed by atoms with E-state index in [0.29, 0.717) is 36.5 Å². The third-order valence-corrected chi connectivity index (χ3v) is 6.40. The van der Waals surface area contributed by atoms with E-state index >= 15 is 0 Å². The van der Waals surface area contributed by atoms with E-state index in [1.165, 1.54) is 0 Å². The summed E-state index contributed by atoms with van der Waals surface area (Å²) >= 11 is 0. The standard InChI is InChI=1S/C30H29N3O3/c1-20-18-24-28(21-10-6-4-7-11-21)29(22-12-8-5-9-13-22)31-33(24)30(35)27(20)23-14-15-25(34)26(19-23)36-17-16-32(2)3/h4-15,19,34H,16-18H2,1-3H3. The lowest BCUT2D eigenvalue weighted by atomic mass is 9.90. The molecule has 0 spiro atoms. The number of carbonyl (C=O) groups excluding carboxylic acids is 1. The van der Waals surface area contributed by atoms with E-state index in [9.17, 15) is 9.90 Å². The van der Waals surface area contributed by atoms with Crippen molar-refractivity contribution in [3.63, 3.8) is 0 Å². The third kappa shape index (κ3) is 4.43. The third-order valence-electron chi connectivity index (χ3n) is 6.40. The average Bonchev–Trinajstić information content (AvgIpc) is 3.26. The highest BCUT2D eigenvalue weighted by Crippen LogP contribution is 2.40. The highest BCUT2D eigenvalue weighted by molar-refractivity contribution is 6.23. The normalized spacial score (nSPS) is 13.3. The van der Waals surface area contributed by atoms with Gasteiger partial charge in [-0.1, -0.05) is 72.3 Å². The zero-order valence-corrected chi connectivity index (χ0v) is 20.7. The fraction of sp³-hybridized carbons (Fsp3) is 0.200. The molecular weight excluding hydrogens is 450 g/mol. The molecule has 4 aromatic rings. The number of aromatic hydroxyl groups is 1. The van der Waals surface area contributed by atoms with Gasteiger partial charge in [0.25, 0.3) is 5.91 Å². The number of phenols is 1. The quantitative estimate of drug-likeness (QED) is 0.377. The summed E-state index contributed by atoms with van der Waals surface area (Å²) < 4.78 is 7.36. The molecule has 0 amide bonds. The van der Waals surface area contributed by atoms with E-state index in [4.69, 9.17) is 9.84 Å². The number of likely N-dealkylation sites (N-methyl/N-ethyl adjacent to an activating group) is 1. The lowest BCUT2D eigenvalue weighted by molar-refractivity contribution is 0.0958. The minimum atomic E-state index is -0.182. The summed E-state index contributed by atoms with van der Waals surface area (Å²) in [4.78, 5) is 15.9. The van der Waals surface area contributed by atoms with Crippen molar-refractivity contribution in [3.05, 3.63) is 95.7 Å². The van der Waals surface area contributed by atoms with Gasteiger partial charge in [0.15, 0.2) is 11.5 Å². The maximum absolute atomic E-state index is 13.9. The molecule has 182 valence electrons. The number of benzene rings is 3. The van der Waals surface area contributed by atoms with E-state index in [2.05, 4.69) is 12.1 Å². The molecule has 0 radical (unpaired) electrons. The van der Waals surface area contributed by atoms with Gasteiger partial charge in [0.1, 0.15) is 12.3 Å². The summed E-state index contributed by atoms with van der Waals surface area (Å²) in [6, 6.07) is 25.1. The lowest BCUT2D eigenvalue weighted by Crippen LogP contribution is -2.23. The first-order chi connectivity index (χ1) is 17.4. The molecule has 0 unspecified atom stereocenters. The molecule has 3 aromatic carbocycles. The first-order valence-electron chi connectivity index (χ1n) is 12.0. The smallest absolute Gasteiger partial charge is 0.279 e. The number of carbonyl (C=O) groups is 1. The van der Waals surface area contributed by atoms with Crippen LogP contribution in [0.15, 0.2) is 84.4 Å². The van der Waals surface area contributed by atoms with Crippen molar-refractivity contribution in [1.82, 2.24) is 14.7 Å². The second-order valence-corrected chi connectivity index (χ2v) is 9.29. The SMILES string of the molecule is CC1=C(c2ccc(O)c(OCCN(C)C)c2)C(=O)n2nc(-c3ccccc3)c(-c3ccccc3)c2C1. The molecule has 0 fully saturated rings. The fourth-order valence-electron chi connectivity index (χ4n) is 4.61. The lowest BCUT2D eigenvalue weighted by Gasteiger charge is -2.20. The molecule has 5 rings (SSSR count). The summed E-state index contributed by atoms with van der Waals surface area (Å²) in [6.07, 6.45) is 0.586. The van der Waals surface area contributed by atoms with Crippen molar-refractivity contribution in [3.8, 4) is 33.9 Å². The average molecular weight is 480 g/mol. The number of rotatable bonds is 7. The van der Waals surface area contributed by atoms with Crippen LogP contribution in [0.3, 0.4) is 0 Å². The minimum absolute atomic E-state index is 0.0523. The Labute approximate surface area is 211 Å². The number of allylic oxidation sites excluding steroid dienone is 2. The van der Waals surface area contributed by atoms with Gasteiger partial charge in [0.2, 0.25) is 0 Å². The van der Waals surface area contributed by atoms with Gasteiger partial charge in [-0.15, -0.1) is 0 Å². The molecule has 0 bridgehead atoms. The molecule has 1 N–H and O–H groups in total. The van der Waals surface area contributed by atoms with Gasteiger partial charge in [-0.2, -0.15) is 9.78 Å². The number of phenolic OH excluding ortho intramolecular Hbond substituents is 1. The van der Waals surface area contributed by atoms with Crippen molar-refractivity contribution in [2.24, 2.45) is 0 Å². The highest BCUT2D eigenvalue weighted by Gasteiger charge is 2.31. The van der Waals surface area contributed by atoms with Gasteiger partial charge < -0.3 is 14.7 Å².